The molecule has 0 spiro atoms. The number of carbonyl (C=O) groups excluding carboxylic acids is 1. The number of likely N-dealkylation sites (N-methyl/N-ethyl adjacent to an activating group) is 1. The van der Waals surface area contributed by atoms with E-state index in [1.165, 1.54) is 5.56 Å². The Labute approximate surface area is 187 Å². The smallest absolute Gasteiger partial charge is 0.456 e. The summed E-state index contributed by atoms with van der Waals surface area (Å²) in [5.41, 5.74) is -10.7. The first-order valence-electron chi connectivity index (χ1n) is 8.67. The second kappa shape index (κ2) is 11.3. The lowest BCUT2D eigenvalue weighted by molar-refractivity contribution is -0.903. The number of hydrogen-bond donors (Lipinski definition) is 0. The van der Waals surface area contributed by atoms with E-state index in [4.69, 9.17) is 4.74 Å². The molecule has 16 heteroatoms. The number of hydrogen-bond acceptors (Lipinski definition) is 6. The van der Waals surface area contributed by atoms with E-state index in [1.54, 1.807) is 6.92 Å². The van der Waals surface area contributed by atoms with Gasteiger partial charge in [0.1, 0.15) is 19.7 Å². The molecule has 0 aromatic heterocycles. The molecule has 0 heterocycles. The number of nitrogens with zero attached hydrogens (tertiary/aromatic N) is 2. The Kier molecular flexibility index (Phi) is 10.6. The molecular weight excluding hydrogens is 506 g/mol. The van der Waals surface area contributed by atoms with E-state index in [9.17, 15) is 48.0 Å². The largest absolute Gasteiger partial charge is 0.480 e. The Balaban J connectivity index is 0.000000633. The third kappa shape index (κ3) is 11.0. The minimum Gasteiger partial charge on any atom is -0.456 e. The van der Waals surface area contributed by atoms with Crippen LogP contribution >= 0.6 is 0 Å². The van der Waals surface area contributed by atoms with Crippen LogP contribution in [-0.2, 0) is 36.1 Å². The Morgan fingerprint density at radius 2 is 1.39 bits per heavy atom. The third-order valence-electron chi connectivity index (χ3n) is 3.51. The molecule has 0 aliphatic carbocycles. The molecule has 0 bridgehead atoms. The fourth-order valence-corrected chi connectivity index (χ4v) is 3.59. The van der Waals surface area contributed by atoms with Gasteiger partial charge in [-0.1, -0.05) is 36.9 Å². The quantitative estimate of drug-likeness (QED) is 0.221. The van der Waals surface area contributed by atoms with Gasteiger partial charge in [0.25, 0.3) is 0 Å². The molecule has 8 nitrogen and oxygen atoms in total. The number of rotatable bonds is 8. The van der Waals surface area contributed by atoms with Gasteiger partial charge in [-0.2, -0.15) is 26.3 Å². The number of alkyl halides is 6. The molecule has 0 saturated heterocycles. The Morgan fingerprint density at radius 1 is 0.970 bits per heavy atom. The maximum atomic E-state index is 11.4. The minimum absolute atomic E-state index is 0.310. The van der Waals surface area contributed by atoms with Crippen molar-refractivity contribution < 1.29 is 57.2 Å². The van der Waals surface area contributed by atoms with Crippen molar-refractivity contribution in [1.82, 2.24) is 0 Å². The van der Waals surface area contributed by atoms with Crippen molar-refractivity contribution in [3.8, 4) is 0 Å². The van der Waals surface area contributed by atoms with Gasteiger partial charge in [-0.05, 0) is 6.92 Å². The van der Waals surface area contributed by atoms with Gasteiger partial charge < -0.3 is 13.3 Å². The zero-order chi connectivity index (χ0) is 26.3. The lowest BCUT2D eigenvalue weighted by atomic mass is 10.2. The molecule has 190 valence electrons. The summed E-state index contributed by atoms with van der Waals surface area (Å²) in [7, 11) is -9.19. The highest BCUT2D eigenvalue weighted by atomic mass is 32.3. The number of benzene rings is 1. The van der Waals surface area contributed by atoms with E-state index in [1.807, 2.05) is 18.2 Å². The molecule has 1 aromatic rings. The van der Waals surface area contributed by atoms with Crippen LogP contribution in [0.5, 0.6) is 0 Å². The molecule has 1 rings (SSSR count). The van der Waals surface area contributed by atoms with Crippen LogP contribution in [0, 0.1) is 0 Å². The molecule has 0 amide bonds. The van der Waals surface area contributed by atoms with Gasteiger partial charge in [-0.3, -0.25) is 0 Å². The highest BCUT2D eigenvalue weighted by molar-refractivity contribution is 8.13. The average Bonchev–Trinajstić information content (AvgIpc) is 2.59. The van der Waals surface area contributed by atoms with Crippen LogP contribution in [0.4, 0.5) is 26.3 Å². The van der Waals surface area contributed by atoms with Gasteiger partial charge >= 0.3 is 17.0 Å². The minimum atomic E-state index is -6.72. The molecule has 0 unspecified atom stereocenters. The summed E-state index contributed by atoms with van der Waals surface area (Å²) >= 11 is 0. The summed E-state index contributed by atoms with van der Waals surface area (Å²) in [6.07, 6.45) is 0. The highest BCUT2D eigenvalue weighted by Crippen LogP contribution is 2.36. The maximum absolute atomic E-state index is 11.4. The Morgan fingerprint density at radius 3 is 1.76 bits per heavy atom. The summed E-state index contributed by atoms with van der Waals surface area (Å²) in [6, 6.07) is 10.3. The fourth-order valence-electron chi connectivity index (χ4n) is 1.88. The number of esters is 1. The van der Waals surface area contributed by atoms with Crippen LogP contribution in [0.25, 0.3) is 4.13 Å². The summed E-state index contributed by atoms with van der Waals surface area (Å²) in [5.74, 6) is -0.310. The molecule has 0 fully saturated rings. The zero-order valence-corrected chi connectivity index (χ0v) is 19.3. The van der Waals surface area contributed by atoms with Gasteiger partial charge in [0.2, 0.25) is 0 Å². The summed E-state index contributed by atoms with van der Waals surface area (Å²) in [5, 5.41) is 0. The lowest BCUT2D eigenvalue weighted by Crippen LogP contribution is -2.41. The van der Waals surface area contributed by atoms with Crippen LogP contribution in [-0.4, -0.2) is 65.6 Å². The van der Waals surface area contributed by atoms with E-state index in [-0.39, 0.29) is 5.97 Å². The van der Waals surface area contributed by atoms with Crippen molar-refractivity contribution in [3.63, 3.8) is 0 Å². The van der Waals surface area contributed by atoms with Crippen molar-refractivity contribution in [2.45, 2.75) is 24.5 Å². The van der Waals surface area contributed by atoms with E-state index in [0.29, 0.717) is 12.2 Å². The number of halogens is 6. The number of quaternary nitrogens is 1. The van der Waals surface area contributed by atoms with Crippen molar-refractivity contribution >= 4 is 26.0 Å². The van der Waals surface area contributed by atoms with Crippen LogP contribution in [0.2, 0.25) is 0 Å². The number of sulfonamides is 2. The standard InChI is InChI=1S/C15H22NO2.C2F6NO4S2/c1-13(2)15(17)18-11-10-16(3,4)12-14-8-6-5-7-9-14;3-1(4,5)14(10,11)9-15(12,13)2(6,7)8/h5-9H,1,10-12H2,2-4H3;/q+1;-1. The Hall–Kier alpha value is -2.17. The molecule has 1 aromatic carbocycles. The third-order valence-corrected chi connectivity index (χ3v) is 6.25. The normalized spacial score (nSPS) is 13.0. The number of carbonyl (C=O) groups is 1. The summed E-state index contributed by atoms with van der Waals surface area (Å²) < 4.78 is 115. The predicted molar refractivity (Wildman–Crippen MR) is 106 cm³/mol. The first-order chi connectivity index (χ1) is 14.6. The number of ether oxygens (including phenoxy) is 1. The van der Waals surface area contributed by atoms with E-state index in [2.05, 4.69) is 32.8 Å². The Bertz CT molecular complexity index is 978. The van der Waals surface area contributed by atoms with E-state index < -0.39 is 31.1 Å². The van der Waals surface area contributed by atoms with Crippen LogP contribution in [0.15, 0.2) is 42.5 Å². The van der Waals surface area contributed by atoms with Crippen molar-refractivity contribution in [1.29, 1.82) is 0 Å². The highest BCUT2D eigenvalue weighted by Gasteiger charge is 2.46. The second-order valence-corrected chi connectivity index (χ2v) is 10.6. The molecule has 0 N–H and O–H groups in total. The van der Waals surface area contributed by atoms with Crippen molar-refractivity contribution in [2.24, 2.45) is 0 Å². The van der Waals surface area contributed by atoms with Crippen molar-refractivity contribution in [2.75, 3.05) is 27.2 Å². The van der Waals surface area contributed by atoms with Gasteiger partial charge in [0.05, 0.1) is 14.1 Å². The average molecular weight is 528 g/mol. The first kappa shape index (κ1) is 30.8. The van der Waals surface area contributed by atoms with Crippen LogP contribution in [0.3, 0.4) is 0 Å². The van der Waals surface area contributed by atoms with Gasteiger partial charge in [-0.25, -0.2) is 21.6 Å². The van der Waals surface area contributed by atoms with Gasteiger partial charge in [0.15, 0.2) is 20.0 Å². The maximum Gasteiger partial charge on any atom is 0.480 e. The molecule has 0 saturated carbocycles. The monoisotopic (exact) mass is 528 g/mol. The second-order valence-electron chi connectivity index (χ2n) is 7.14. The van der Waals surface area contributed by atoms with Gasteiger partial charge in [0, 0.05) is 11.1 Å². The summed E-state index contributed by atoms with van der Waals surface area (Å²) in [4.78, 5) is 11.3. The lowest BCUT2D eigenvalue weighted by Gasteiger charge is -2.29. The van der Waals surface area contributed by atoms with Gasteiger partial charge in [-0.15, -0.1) is 0 Å². The van der Waals surface area contributed by atoms with Crippen LogP contribution in [0.1, 0.15) is 12.5 Å². The zero-order valence-electron chi connectivity index (χ0n) is 17.6. The van der Waals surface area contributed by atoms with Crippen LogP contribution < -0.4 is 0 Å². The molecule has 33 heavy (non-hydrogen) atoms. The molecule has 0 atom stereocenters. The molecule has 0 aliphatic rings. The SMILES string of the molecule is C=C(C)C(=O)OCC[N+](C)(C)Cc1ccccc1.O=S(=O)([N-]S(=O)(=O)C(F)(F)F)C(F)(F)F. The summed E-state index contributed by atoms with van der Waals surface area (Å²) in [6.45, 7) is 7.35. The topological polar surface area (TPSA) is 109 Å². The predicted octanol–water partition coefficient (Wildman–Crippen LogP) is 3.44. The van der Waals surface area contributed by atoms with E-state index in [0.717, 1.165) is 21.7 Å². The van der Waals surface area contributed by atoms with Crippen molar-refractivity contribution in [3.05, 3.63) is 52.2 Å². The molecule has 0 radical (unpaired) electrons. The first-order valence-corrected chi connectivity index (χ1v) is 11.5. The molecular formula is C17H22F6N2O6S2. The van der Waals surface area contributed by atoms with E-state index >= 15 is 0 Å². The fraction of sp³-hybridized carbons (Fsp3) is 0.471. The molecule has 0 aliphatic heterocycles.